The van der Waals surface area contributed by atoms with Crippen molar-refractivity contribution in [2.75, 3.05) is 24.6 Å². The number of fused-ring (bicyclic) bond motifs is 1. The summed E-state index contributed by atoms with van der Waals surface area (Å²) in [5, 5.41) is 24.0. The summed E-state index contributed by atoms with van der Waals surface area (Å²) in [6, 6.07) is 16.2. The van der Waals surface area contributed by atoms with Gasteiger partial charge in [0.2, 0.25) is 0 Å². The summed E-state index contributed by atoms with van der Waals surface area (Å²) in [5.74, 6) is 2.31. The predicted molar refractivity (Wildman–Crippen MR) is 145 cm³/mol. The molecule has 1 N–H and O–H groups in total. The van der Waals surface area contributed by atoms with Crippen molar-refractivity contribution in [3.8, 4) is 28.7 Å². The minimum atomic E-state index is -0.976. The molecule has 4 heterocycles. The Labute approximate surface area is 223 Å². The monoisotopic (exact) mass is 595 g/mol. The number of rotatable bonds is 7. The fourth-order valence-corrected chi connectivity index (χ4v) is 4.57. The molecule has 0 bridgehead atoms. The number of halogens is 1. The molecule has 1 saturated heterocycles. The largest absolute Gasteiger partial charge is 0.489 e. The molecular weight excluding hydrogens is 569 g/mol. The summed E-state index contributed by atoms with van der Waals surface area (Å²) in [6.07, 6.45) is 6.11. The molecule has 184 valence electrons. The van der Waals surface area contributed by atoms with E-state index in [9.17, 15) is 10.4 Å². The number of ether oxygens (including phenoxy) is 2. The van der Waals surface area contributed by atoms with Crippen molar-refractivity contribution in [1.29, 1.82) is 5.26 Å². The molecule has 3 aromatic heterocycles. The Bertz CT molecular complexity index is 1410. The van der Waals surface area contributed by atoms with E-state index in [0.717, 1.165) is 42.2 Å². The number of hydrogen-bond donors (Lipinski definition) is 1. The molecule has 0 radical (unpaired) electrons. The Morgan fingerprint density at radius 1 is 1.17 bits per heavy atom. The average Bonchev–Trinajstić information content (AvgIpc) is 3.50. The lowest BCUT2D eigenvalue weighted by atomic mass is 10.1. The minimum Gasteiger partial charge on any atom is -0.489 e. The third kappa shape index (κ3) is 5.39. The molecule has 5 rings (SSSR count). The van der Waals surface area contributed by atoms with Gasteiger partial charge in [-0.25, -0.2) is 9.50 Å². The molecule has 1 aromatic carbocycles. The Morgan fingerprint density at radius 3 is 2.67 bits per heavy atom. The molecule has 0 saturated carbocycles. The van der Waals surface area contributed by atoms with Gasteiger partial charge in [0.15, 0.2) is 0 Å². The molecule has 1 aliphatic heterocycles. The Kier molecular flexibility index (Phi) is 6.73. The van der Waals surface area contributed by atoms with Crippen molar-refractivity contribution < 1.29 is 14.6 Å². The lowest BCUT2D eigenvalue weighted by Crippen LogP contribution is -2.27. The smallest absolute Gasteiger partial charge is 0.138 e. The first kappa shape index (κ1) is 24.3. The van der Waals surface area contributed by atoms with Gasteiger partial charge < -0.3 is 19.5 Å². The highest BCUT2D eigenvalue weighted by Crippen LogP contribution is 2.32. The number of anilines is 1. The van der Waals surface area contributed by atoms with Crippen LogP contribution in [0.3, 0.4) is 0 Å². The highest BCUT2D eigenvalue weighted by Gasteiger charge is 2.25. The van der Waals surface area contributed by atoms with Gasteiger partial charge in [-0.2, -0.15) is 10.4 Å². The summed E-state index contributed by atoms with van der Waals surface area (Å²) < 4.78 is 14.8. The lowest BCUT2D eigenvalue weighted by Gasteiger charge is -2.19. The molecule has 0 unspecified atom stereocenters. The lowest BCUT2D eigenvalue weighted by molar-refractivity contribution is 0.0283. The standard InChI is InChI=1S/C27H26IN5O3/c1-27(2,34)17-35-23-11-24(26-19(12-29)14-31-33(26)16-23)18-3-8-25(30-13-18)32-10-9-22(15-32)36-21-6-4-20(28)5-7-21/h3-8,11,13-14,16,22,34H,9-10,15,17H2,1-2H3/t22-/m1/s1. The second-order valence-corrected chi connectivity index (χ2v) is 10.7. The van der Waals surface area contributed by atoms with Crippen LogP contribution in [0.1, 0.15) is 25.8 Å². The number of nitriles is 1. The van der Waals surface area contributed by atoms with Gasteiger partial charge in [-0.05, 0) is 78.9 Å². The maximum Gasteiger partial charge on any atom is 0.138 e. The van der Waals surface area contributed by atoms with E-state index < -0.39 is 5.60 Å². The zero-order valence-corrected chi connectivity index (χ0v) is 22.2. The van der Waals surface area contributed by atoms with Crippen LogP contribution in [0.4, 0.5) is 5.82 Å². The van der Waals surface area contributed by atoms with Crippen LogP contribution in [-0.4, -0.2) is 51.1 Å². The molecule has 1 fully saturated rings. The molecule has 0 amide bonds. The molecule has 9 heteroatoms. The number of aromatic nitrogens is 3. The zero-order chi connectivity index (χ0) is 25.3. The van der Waals surface area contributed by atoms with Crippen LogP contribution >= 0.6 is 22.6 Å². The van der Waals surface area contributed by atoms with Gasteiger partial charge in [-0.3, -0.25) is 0 Å². The van der Waals surface area contributed by atoms with E-state index >= 15 is 0 Å². The molecule has 8 nitrogen and oxygen atoms in total. The van der Waals surface area contributed by atoms with E-state index in [1.807, 2.05) is 48.7 Å². The first-order valence-corrected chi connectivity index (χ1v) is 12.8. The van der Waals surface area contributed by atoms with Gasteiger partial charge in [-0.15, -0.1) is 0 Å². The second kappa shape index (κ2) is 9.95. The van der Waals surface area contributed by atoms with Crippen LogP contribution in [0, 0.1) is 14.9 Å². The van der Waals surface area contributed by atoms with Crippen molar-refractivity contribution in [3.63, 3.8) is 0 Å². The second-order valence-electron chi connectivity index (χ2n) is 9.49. The molecule has 0 aliphatic carbocycles. The highest BCUT2D eigenvalue weighted by molar-refractivity contribution is 14.1. The number of aliphatic hydroxyl groups is 1. The number of hydrogen-bond acceptors (Lipinski definition) is 7. The van der Waals surface area contributed by atoms with Gasteiger partial charge in [0.25, 0.3) is 0 Å². The fourth-order valence-electron chi connectivity index (χ4n) is 4.21. The minimum absolute atomic E-state index is 0.112. The summed E-state index contributed by atoms with van der Waals surface area (Å²) in [5.41, 5.74) is 1.82. The summed E-state index contributed by atoms with van der Waals surface area (Å²) in [7, 11) is 0. The van der Waals surface area contributed by atoms with Crippen molar-refractivity contribution in [3.05, 3.63) is 70.2 Å². The van der Waals surface area contributed by atoms with E-state index in [-0.39, 0.29) is 12.7 Å². The van der Waals surface area contributed by atoms with Crippen LogP contribution < -0.4 is 14.4 Å². The third-order valence-corrected chi connectivity index (χ3v) is 6.66. The molecule has 1 aliphatic rings. The van der Waals surface area contributed by atoms with E-state index in [2.05, 4.69) is 38.7 Å². The number of pyridine rings is 2. The zero-order valence-electron chi connectivity index (χ0n) is 20.1. The summed E-state index contributed by atoms with van der Waals surface area (Å²) in [4.78, 5) is 6.95. The van der Waals surface area contributed by atoms with Crippen LogP contribution in [0.5, 0.6) is 11.5 Å². The van der Waals surface area contributed by atoms with Gasteiger partial charge in [0, 0.05) is 33.9 Å². The molecule has 36 heavy (non-hydrogen) atoms. The summed E-state index contributed by atoms with van der Waals surface area (Å²) >= 11 is 2.29. The topological polar surface area (TPSA) is 95.9 Å². The van der Waals surface area contributed by atoms with Gasteiger partial charge in [0.05, 0.1) is 35.6 Å². The van der Waals surface area contributed by atoms with Crippen LogP contribution in [0.15, 0.2) is 61.1 Å². The van der Waals surface area contributed by atoms with E-state index in [0.29, 0.717) is 16.8 Å². The van der Waals surface area contributed by atoms with Crippen LogP contribution in [0.2, 0.25) is 0 Å². The van der Waals surface area contributed by atoms with Crippen LogP contribution in [0.25, 0.3) is 16.6 Å². The first-order valence-electron chi connectivity index (χ1n) is 11.7. The normalized spacial score (nSPS) is 15.8. The molecule has 1 atom stereocenters. The van der Waals surface area contributed by atoms with Crippen molar-refractivity contribution in [2.24, 2.45) is 0 Å². The van der Waals surface area contributed by atoms with Crippen molar-refractivity contribution in [1.82, 2.24) is 14.6 Å². The Hall–Kier alpha value is -3.36. The maximum absolute atomic E-state index is 10.1. The van der Waals surface area contributed by atoms with Gasteiger partial charge in [0.1, 0.15) is 36.1 Å². The van der Waals surface area contributed by atoms with E-state index in [4.69, 9.17) is 14.5 Å². The third-order valence-electron chi connectivity index (χ3n) is 5.94. The quantitative estimate of drug-likeness (QED) is 0.310. The number of benzene rings is 1. The Morgan fingerprint density at radius 2 is 1.97 bits per heavy atom. The van der Waals surface area contributed by atoms with E-state index in [1.54, 1.807) is 30.8 Å². The molecular formula is C27H26IN5O3. The Balaban J connectivity index is 1.37. The average molecular weight is 595 g/mol. The SMILES string of the molecule is CC(C)(O)COc1cc(-c2ccc(N3CC[C@@H](Oc4ccc(I)cc4)C3)nc2)c2c(C#N)cnn2c1. The van der Waals surface area contributed by atoms with Gasteiger partial charge >= 0.3 is 0 Å². The van der Waals surface area contributed by atoms with E-state index in [1.165, 1.54) is 3.57 Å². The van der Waals surface area contributed by atoms with Crippen molar-refractivity contribution in [2.45, 2.75) is 32.0 Å². The summed E-state index contributed by atoms with van der Waals surface area (Å²) in [6.45, 7) is 5.13. The van der Waals surface area contributed by atoms with Gasteiger partial charge in [-0.1, -0.05) is 0 Å². The highest BCUT2D eigenvalue weighted by atomic mass is 127. The predicted octanol–water partition coefficient (Wildman–Crippen LogP) is 4.68. The molecule has 4 aromatic rings. The van der Waals surface area contributed by atoms with Crippen LogP contribution in [-0.2, 0) is 0 Å². The first-order chi connectivity index (χ1) is 17.3. The fraction of sp³-hybridized carbons (Fsp3) is 0.296. The van der Waals surface area contributed by atoms with Crippen molar-refractivity contribution >= 4 is 33.9 Å². The maximum atomic E-state index is 10.1. The molecule has 0 spiro atoms. The number of nitrogens with zero attached hydrogens (tertiary/aromatic N) is 5.